The Morgan fingerprint density at radius 3 is 2.74 bits per heavy atom. The van der Waals surface area contributed by atoms with Crippen molar-refractivity contribution in [2.24, 2.45) is 0 Å². The van der Waals surface area contributed by atoms with Crippen molar-refractivity contribution in [3.8, 4) is 5.75 Å². The first kappa shape index (κ1) is 17.3. The van der Waals surface area contributed by atoms with Crippen molar-refractivity contribution in [1.82, 2.24) is 9.80 Å². The van der Waals surface area contributed by atoms with Gasteiger partial charge < -0.3 is 9.64 Å². The zero-order chi connectivity index (χ0) is 16.7. The summed E-state index contributed by atoms with van der Waals surface area (Å²) in [5.74, 6) is 1.09. The molecule has 1 amide bonds. The van der Waals surface area contributed by atoms with E-state index in [-0.39, 0.29) is 5.91 Å². The lowest BCUT2D eigenvalue weighted by atomic mass is 10.1. The maximum absolute atomic E-state index is 12.0. The Labute approximate surface area is 139 Å². The van der Waals surface area contributed by atoms with E-state index in [1.54, 1.807) is 6.08 Å². The van der Waals surface area contributed by atoms with E-state index in [2.05, 4.69) is 30.2 Å². The highest BCUT2D eigenvalue weighted by Gasteiger charge is 2.22. The molecular weight excluding hydrogens is 288 g/mol. The van der Waals surface area contributed by atoms with Gasteiger partial charge in [0.2, 0.25) is 5.91 Å². The van der Waals surface area contributed by atoms with Crippen LogP contribution >= 0.6 is 0 Å². The molecule has 0 unspecified atom stereocenters. The second kappa shape index (κ2) is 8.53. The number of ether oxygens (including phenoxy) is 1. The van der Waals surface area contributed by atoms with Gasteiger partial charge in [0.1, 0.15) is 12.4 Å². The Morgan fingerprint density at radius 1 is 1.26 bits per heavy atom. The van der Waals surface area contributed by atoms with Gasteiger partial charge in [-0.05, 0) is 30.5 Å². The third-order valence-electron chi connectivity index (χ3n) is 4.03. The van der Waals surface area contributed by atoms with E-state index < -0.39 is 0 Å². The van der Waals surface area contributed by atoms with Crippen LogP contribution in [0.4, 0.5) is 0 Å². The smallest absolute Gasteiger partial charge is 0.236 e. The van der Waals surface area contributed by atoms with Gasteiger partial charge in [-0.15, -0.1) is 6.58 Å². The molecule has 0 saturated carbocycles. The fourth-order valence-corrected chi connectivity index (χ4v) is 2.82. The number of hydrogen-bond donors (Lipinski definition) is 0. The molecule has 0 N–H and O–H groups in total. The standard InChI is InChI=1S/C19H26N2O2/c1-4-7-17-13-16(8-9-18(17)23-12-5-2)14-20-10-11-21(6-3)19(22)15-20/h4-5,8-9,13H,1-2,6-7,10-12,14-15H2,3H3. The molecule has 0 aromatic heterocycles. The van der Waals surface area contributed by atoms with Crippen LogP contribution in [0.1, 0.15) is 18.1 Å². The van der Waals surface area contributed by atoms with Gasteiger partial charge in [-0.25, -0.2) is 0 Å². The molecule has 4 heteroatoms. The Kier molecular flexibility index (Phi) is 6.41. The molecule has 0 radical (unpaired) electrons. The number of nitrogens with zero attached hydrogens (tertiary/aromatic N) is 2. The first-order valence-electron chi connectivity index (χ1n) is 8.14. The van der Waals surface area contributed by atoms with Crippen LogP contribution in [0.3, 0.4) is 0 Å². The first-order valence-corrected chi connectivity index (χ1v) is 8.14. The second-order valence-corrected chi connectivity index (χ2v) is 5.72. The molecule has 0 atom stereocenters. The average Bonchev–Trinajstić information content (AvgIpc) is 2.55. The Balaban J connectivity index is 2.05. The SMILES string of the molecule is C=CCOc1ccc(CN2CCN(CC)C(=O)C2)cc1CC=C. The lowest BCUT2D eigenvalue weighted by Gasteiger charge is -2.33. The van der Waals surface area contributed by atoms with Gasteiger partial charge >= 0.3 is 0 Å². The molecule has 0 aliphatic carbocycles. The van der Waals surface area contributed by atoms with E-state index in [9.17, 15) is 4.79 Å². The van der Waals surface area contributed by atoms with E-state index in [1.165, 1.54) is 5.56 Å². The summed E-state index contributed by atoms with van der Waals surface area (Å²) in [5.41, 5.74) is 2.32. The summed E-state index contributed by atoms with van der Waals surface area (Å²) in [4.78, 5) is 16.1. The average molecular weight is 314 g/mol. The summed E-state index contributed by atoms with van der Waals surface area (Å²) in [6.07, 6.45) is 4.39. The van der Waals surface area contributed by atoms with Crippen LogP contribution in [0.15, 0.2) is 43.5 Å². The Morgan fingerprint density at radius 2 is 2.09 bits per heavy atom. The van der Waals surface area contributed by atoms with Crippen molar-refractivity contribution in [3.05, 3.63) is 54.6 Å². The topological polar surface area (TPSA) is 32.8 Å². The molecule has 1 aliphatic rings. The maximum Gasteiger partial charge on any atom is 0.236 e. The van der Waals surface area contributed by atoms with E-state index in [1.807, 2.05) is 24.0 Å². The van der Waals surface area contributed by atoms with Gasteiger partial charge in [0.25, 0.3) is 0 Å². The molecule has 1 saturated heterocycles. The van der Waals surface area contributed by atoms with Crippen molar-refractivity contribution in [1.29, 1.82) is 0 Å². The minimum atomic E-state index is 0.219. The first-order chi connectivity index (χ1) is 11.2. The Hall–Kier alpha value is -2.07. The third-order valence-corrected chi connectivity index (χ3v) is 4.03. The van der Waals surface area contributed by atoms with E-state index >= 15 is 0 Å². The number of hydrogen-bond acceptors (Lipinski definition) is 3. The summed E-state index contributed by atoms with van der Waals surface area (Å²) < 4.78 is 5.69. The van der Waals surface area contributed by atoms with Crippen molar-refractivity contribution >= 4 is 5.91 Å². The van der Waals surface area contributed by atoms with Crippen LogP contribution in [0.25, 0.3) is 0 Å². The molecule has 1 heterocycles. The summed E-state index contributed by atoms with van der Waals surface area (Å²) in [6, 6.07) is 6.22. The van der Waals surface area contributed by atoms with Gasteiger partial charge in [-0.1, -0.05) is 30.9 Å². The van der Waals surface area contributed by atoms with Crippen LogP contribution in [-0.4, -0.2) is 48.5 Å². The van der Waals surface area contributed by atoms with Gasteiger partial charge in [0, 0.05) is 26.2 Å². The van der Waals surface area contributed by atoms with Gasteiger partial charge in [-0.2, -0.15) is 0 Å². The molecule has 4 nitrogen and oxygen atoms in total. The van der Waals surface area contributed by atoms with Crippen molar-refractivity contribution < 1.29 is 9.53 Å². The summed E-state index contributed by atoms with van der Waals surface area (Å²) in [6.45, 7) is 13.8. The summed E-state index contributed by atoms with van der Waals surface area (Å²) in [5, 5.41) is 0. The van der Waals surface area contributed by atoms with Crippen molar-refractivity contribution in [2.45, 2.75) is 19.9 Å². The van der Waals surface area contributed by atoms with Crippen LogP contribution in [0.2, 0.25) is 0 Å². The molecule has 1 aromatic carbocycles. The van der Waals surface area contributed by atoms with E-state index in [4.69, 9.17) is 4.74 Å². The van der Waals surface area contributed by atoms with Crippen molar-refractivity contribution in [3.63, 3.8) is 0 Å². The minimum absolute atomic E-state index is 0.219. The molecule has 2 rings (SSSR count). The highest BCUT2D eigenvalue weighted by molar-refractivity contribution is 5.78. The minimum Gasteiger partial charge on any atom is -0.489 e. The molecular formula is C19H26N2O2. The number of carbonyl (C=O) groups is 1. The van der Waals surface area contributed by atoms with Crippen LogP contribution in [0.5, 0.6) is 5.75 Å². The molecule has 0 bridgehead atoms. The highest BCUT2D eigenvalue weighted by Crippen LogP contribution is 2.22. The quantitative estimate of drug-likeness (QED) is 0.692. The zero-order valence-corrected chi connectivity index (χ0v) is 14.0. The molecule has 0 spiro atoms. The second-order valence-electron chi connectivity index (χ2n) is 5.72. The molecule has 124 valence electrons. The lowest BCUT2D eigenvalue weighted by molar-refractivity contribution is -0.135. The predicted octanol–water partition coefficient (Wildman–Crippen LogP) is 2.64. The number of allylic oxidation sites excluding steroid dienone is 1. The highest BCUT2D eigenvalue weighted by atomic mass is 16.5. The van der Waals surface area contributed by atoms with Crippen LogP contribution < -0.4 is 4.74 Å². The molecule has 23 heavy (non-hydrogen) atoms. The molecule has 1 aromatic rings. The molecule has 1 aliphatic heterocycles. The monoisotopic (exact) mass is 314 g/mol. The fourth-order valence-electron chi connectivity index (χ4n) is 2.82. The lowest BCUT2D eigenvalue weighted by Crippen LogP contribution is -2.49. The summed E-state index contributed by atoms with van der Waals surface area (Å²) in [7, 11) is 0. The maximum atomic E-state index is 12.0. The number of rotatable bonds is 8. The largest absolute Gasteiger partial charge is 0.489 e. The number of likely N-dealkylation sites (N-methyl/N-ethyl adjacent to an activating group) is 1. The number of piperazine rings is 1. The predicted molar refractivity (Wildman–Crippen MR) is 93.6 cm³/mol. The van der Waals surface area contributed by atoms with Crippen LogP contribution in [-0.2, 0) is 17.8 Å². The number of benzene rings is 1. The van der Waals surface area contributed by atoms with Gasteiger partial charge in [-0.3, -0.25) is 9.69 Å². The molecule has 1 fully saturated rings. The van der Waals surface area contributed by atoms with E-state index in [0.29, 0.717) is 13.2 Å². The Bertz CT molecular complexity index is 568. The van der Waals surface area contributed by atoms with Gasteiger partial charge in [0.05, 0.1) is 6.54 Å². The number of amides is 1. The van der Waals surface area contributed by atoms with E-state index in [0.717, 1.165) is 43.9 Å². The van der Waals surface area contributed by atoms with Crippen LogP contribution in [0, 0.1) is 0 Å². The zero-order valence-electron chi connectivity index (χ0n) is 14.0. The normalized spacial score (nSPS) is 15.5. The van der Waals surface area contributed by atoms with Gasteiger partial charge in [0.15, 0.2) is 0 Å². The summed E-state index contributed by atoms with van der Waals surface area (Å²) >= 11 is 0. The van der Waals surface area contributed by atoms with Crippen molar-refractivity contribution in [2.75, 3.05) is 32.8 Å². The third kappa shape index (κ3) is 4.70. The number of carbonyl (C=O) groups excluding carboxylic acids is 1. The fraction of sp³-hybridized carbons (Fsp3) is 0.421.